The van der Waals surface area contributed by atoms with E-state index in [1.807, 2.05) is 42.5 Å². The summed E-state index contributed by atoms with van der Waals surface area (Å²) in [6.07, 6.45) is 1.76. The van der Waals surface area contributed by atoms with Crippen LogP contribution in [0.25, 0.3) is 21.7 Å². The van der Waals surface area contributed by atoms with Crippen molar-refractivity contribution in [3.63, 3.8) is 0 Å². The highest BCUT2D eigenvalue weighted by molar-refractivity contribution is 7.90. The summed E-state index contributed by atoms with van der Waals surface area (Å²) in [4.78, 5) is 4.97. The molecule has 5 nitrogen and oxygen atoms in total. The van der Waals surface area contributed by atoms with Crippen molar-refractivity contribution in [2.45, 2.75) is 11.8 Å². The molecule has 0 N–H and O–H groups in total. The molecule has 4 aromatic rings. The predicted molar refractivity (Wildman–Crippen MR) is 128 cm³/mol. The second kappa shape index (κ2) is 7.86. The summed E-state index contributed by atoms with van der Waals surface area (Å²) in [7, 11) is -3.82. The number of anilines is 1. The van der Waals surface area contributed by atoms with E-state index in [4.69, 9.17) is 11.6 Å². The van der Waals surface area contributed by atoms with Crippen LogP contribution in [0.3, 0.4) is 0 Å². The summed E-state index contributed by atoms with van der Waals surface area (Å²) in [5, 5.41) is 3.03. The minimum absolute atomic E-state index is 0.296. The molecular formula is C24H24ClN3O2S. The van der Waals surface area contributed by atoms with Gasteiger partial charge in [-0.05, 0) is 36.2 Å². The maximum Gasteiger partial charge on any atom is 0.268 e. The molecule has 0 atom stereocenters. The number of aromatic nitrogens is 1. The van der Waals surface area contributed by atoms with Crippen molar-refractivity contribution in [1.29, 1.82) is 0 Å². The molecule has 1 aromatic heterocycles. The van der Waals surface area contributed by atoms with Gasteiger partial charge in [0.05, 0.1) is 16.1 Å². The molecule has 0 radical (unpaired) electrons. The van der Waals surface area contributed by atoms with Gasteiger partial charge in [0, 0.05) is 48.2 Å². The van der Waals surface area contributed by atoms with Crippen molar-refractivity contribution in [2.24, 2.45) is 0 Å². The largest absolute Gasteiger partial charge is 0.367 e. The fourth-order valence-electron chi connectivity index (χ4n) is 4.44. The third kappa shape index (κ3) is 3.49. The monoisotopic (exact) mass is 453 g/mol. The zero-order valence-electron chi connectivity index (χ0n) is 17.3. The molecule has 2 heterocycles. The first-order valence-corrected chi connectivity index (χ1v) is 12.3. The SMILES string of the molecule is CCN1CCN(c2cn(S(=O)(=O)c3cccc4ccccc34)c3cc(Cl)ccc23)CC1. The van der Waals surface area contributed by atoms with Gasteiger partial charge in [-0.15, -0.1) is 0 Å². The summed E-state index contributed by atoms with van der Waals surface area (Å²) in [6, 6.07) is 18.4. The molecule has 1 aliphatic rings. The van der Waals surface area contributed by atoms with E-state index in [-0.39, 0.29) is 0 Å². The van der Waals surface area contributed by atoms with Crippen LogP contribution < -0.4 is 4.90 Å². The molecule has 160 valence electrons. The number of piperazine rings is 1. The molecule has 5 rings (SSSR count). The Morgan fingerprint density at radius 3 is 2.42 bits per heavy atom. The molecule has 0 spiro atoms. The summed E-state index contributed by atoms with van der Waals surface area (Å²) in [5.41, 5.74) is 1.54. The van der Waals surface area contributed by atoms with Crippen LogP contribution in [0.15, 0.2) is 71.8 Å². The van der Waals surface area contributed by atoms with E-state index < -0.39 is 10.0 Å². The molecule has 0 unspecified atom stereocenters. The fraction of sp³-hybridized carbons (Fsp3) is 0.250. The third-order valence-corrected chi connectivity index (χ3v) is 8.13. The van der Waals surface area contributed by atoms with Gasteiger partial charge in [-0.1, -0.05) is 54.9 Å². The number of halogens is 1. The Balaban J connectivity index is 1.69. The third-order valence-electron chi connectivity index (χ3n) is 6.16. The minimum atomic E-state index is -3.82. The van der Waals surface area contributed by atoms with Gasteiger partial charge in [-0.25, -0.2) is 12.4 Å². The van der Waals surface area contributed by atoms with E-state index in [9.17, 15) is 8.42 Å². The minimum Gasteiger partial charge on any atom is -0.367 e. The number of fused-ring (bicyclic) bond motifs is 2. The van der Waals surface area contributed by atoms with Crippen molar-refractivity contribution < 1.29 is 8.42 Å². The van der Waals surface area contributed by atoms with Crippen LogP contribution in [-0.4, -0.2) is 50.0 Å². The van der Waals surface area contributed by atoms with E-state index >= 15 is 0 Å². The Labute approximate surface area is 187 Å². The normalized spacial score (nSPS) is 15.7. The first-order valence-electron chi connectivity index (χ1n) is 10.5. The maximum absolute atomic E-state index is 13.9. The van der Waals surface area contributed by atoms with Crippen molar-refractivity contribution in [3.8, 4) is 0 Å². The Hall–Kier alpha value is -2.54. The first-order chi connectivity index (χ1) is 15.0. The van der Waals surface area contributed by atoms with Gasteiger partial charge in [-0.2, -0.15) is 0 Å². The van der Waals surface area contributed by atoms with Crippen LogP contribution in [0.1, 0.15) is 6.92 Å². The van der Waals surface area contributed by atoms with Gasteiger partial charge in [0.1, 0.15) is 0 Å². The van der Waals surface area contributed by atoms with E-state index in [0.29, 0.717) is 20.8 Å². The lowest BCUT2D eigenvalue weighted by Gasteiger charge is -2.35. The quantitative estimate of drug-likeness (QED) is 0.444. The van der Waals surface area contributed by atoms with Crippen molar-refractivity contribution in [3.05, 3.63) is 71.9 Å². The fourth-order valence-corrected chi connectivity index (χ4v) is 6.18. The molecule has 0 bridgehead atoms. The van der Waals surface area contributed by atoms with Crippen molar-refractivity contribution >= 4 is 49.0 Å². The Morgan fingerprint density at radius 2 is 1.65 bits per heavy atom. The van der Waals surface area contributed by atoms with Crippen LogP contribution in [0.2, 0.25) is 5.02 Å². The van der Waals surface area contributed by atoms with E-state index in [1.54, 1.807) is 24.4 Å². The maximum atomic E-state index is 13.9. The highest BCUT2D eigenvalue weighted by Crippen LogP contribution is 2.35. The average molecular weight is 454 g/mol. The van der Waals surface area contributed by atoms with E-state index in [2.05, 4.69) is 16.7 Å². The lowest BCUT2D eigenvalue weighted by atomic mass is 10.1. The molecule has 7 heteroatoms. The lowest BCUT2D eigenvalue weighted by molar-refractivity contribution is 0.271. The molecule has 1 saturated heterocycles. The smallest absolute Gasteiger partial charge is 0.268 e. The number of likely N-dealkylation sites (N-methyl/N-ethyl adjacent to an activating group) is 1. The number of benzene rings is 3. The predicted octanol–water partition coefficient (Wildman–Crippen LogP) is 4.83. The second-order valence-electron chi connectivity index (χ2n) is 7.88. The summed E-state index contributed by atoms with van der Waals surface area (Å²) in [6.45, 7) is 6.86. The Morgan fingerprint density at radius 1 is 0.903 bits per heavy atom. The summed E-state index contributed by atoms with van der Waals surface area (Å²) >= 11 is 6.29. The topological polar surface area (TPSA) is 45.5 Å². The molecule has 0 saturated carbocycles. The summed E-state index contributed by atoms with van der Waals surface area (Å²) in [5.74, 6) is 0. The zero-order chi connectivity index (χ0) is 21.6. The molecule has 3 aromatic carbocycles. The van der Waals surface area contributed by atoms with E-state index in [0.717, 1.165) is 49.2 Å². The zero-order valence-corrected chi connectivity index (χ0v) is 18.9. The van der Waals surface area contributed by atoms with Crippen LogP contribution in [0.4, 0.5) is 5.69 Å². The number of rotatable bonds is 4. The van der Waals surface area contributed by atoms with Crippen LogP contribution in [0.5, 0.6) is 0 Å². The number of nitrogens with zero attached hydrogens (tertiary/aromatic N) is 3. The molecule has 0 amide bonds. The van der Waals surface area contributed by atoms with Gasteiger partial charge in [-0.3, -0.25) is 0 Å². The molecule has 31 heavy (non-hydrogen) atoms. The molecule has 0 aliphatic carbocycles. The number of hydrogen-bond donors (Lipinski definition) is 0. The van der Waals surface area contributed by atoms with Crippen LogP contribution in [-0.2, 0) is 10.0 Å². The van der Waals surface area contributed by atoms with Gasteiger partial charge < -0.3 is 9.80 Å². The van der Waals surface area contributed by atoms with Gasteiger partial charge in [0.2, 0.25) is 0 Å². The second-order valence-corrected chi connectivity index (χ2v) is 10.1. The van der Waals surface area contributed by atoms with Crippen molar-refractivity contribution in [1.82, 2.24) is 8.87 Å². The highest BCUT2D eigenvalue weighted by Gasteiger charge is 2.26. The lowest BCUT2D eigenvalue weighted by Crippen LogP contribution is -2.46. The van der Waals surface area contributed by atoms with E-state index in [1.165, 1.54) is 3.97 Å². The number of hydrogen-bond acceptors (Lipinski definition) is 4. The standard InChI is InChI=1S/C24H24ClN3O2S/c1-2-26-12-14-27(15-13-26)23-17-28(22-16-19(25)10-11-21(22)23)31(29,30)24-9-5-7-18-6-3-4-8-20(18)24/h3-11,16-17H,2,12-15H2,1H3. The Bertz CT molecular complexity index is 1370. The van der Waals surface area contributed by atoms with Gasteiger partial charge in [0.15, 0.2) is 0 Å². The van der Waals surface area contributed by atoms with Crippen LogP contribution in [0, 0.1) is 0 Å². The van der Waals surface area contributed by atoms with Gasteiger partial charge in [0.25, 0.3) is 10.0 Å². The summed E-state index contributed by atoms with van der Waals surface area (Å²) < 4.78 is 29.1. The van der Waals surface area contributed by atoms with Crippen molar-refractivity contribution in [2.75, 3.05) is 37.6 Å². The molecular weight excluding hydrogens is 430 g/mol. The van der Waals surface area contributed by atoms with Gasteiger partial charge >= 0.3 is 0 Å². The average Bonchev–Trinajstić information content (AvgIpc) is 3.18. The molecule has 1 fully saturated rings. The highest BCUT2D eigenvalue weighted by atomic mass is 35.5. The van der Waals surface area contributed by atoms with Crippen LogP contribution >= 0.6 is 11.6 Å². The Kier molecular flexibility index (Phi) is 5.16. The first kappa shape index (κ1) is 20.4. The molecule has 1 aliphatic heterocycles.